The highest BCUT2D eigenvalue weighted by atomic mass is 16.5. The molecule has 9 nitrogen and oxygen atoms in total. The molecule has 1 unspecified atom stereocenters. The molecule has 3 aromatic rings. The first-order valence-electron chi connectivity index (χ1n) is 13.3. The largest absolute Gasteiger partial charge is 0.491 e. The summed E-state index contributed by atoms with van der Waals surface area (Å²) in [6.07, 6.45) is 4.33. The lowest BCUT2D eigenvalue weighted by atomic mass is 10.0. The van der Waals surface area contributed by atoms with Crippen molar-refractivity contribution in [1.82, 2.24) is 25.3 Å². The zero-order chi connectivity index (χ0) is 25.9. The molecule has 1 aromatic carbocycles. The minimum absolute atomic E-state index is 0.204. The molecule has 5 rings (SSSR count). The smallest absolute Gasteiger partial charge is 0.162 e. The van der Waals surface area contributed by atoms with Gasteiger partial charge in [-0.25, -0.2) is 9.97 Å². The van der Waals surface area contributed by atoms with Crippen LogP contribution in [-0.4, -0.2) is 76.6 Å². The number of piperidine rings is 1. The molecule has 0 bridgehead atoms. The van der Waals surface area contributed by atoms with Gasteiger partial charge in [0, 0.05) is 42.8 Å². The summed E-state index contributed by atoms with van der Waals surface area (Å²) < 4.78 is 11.3. The number of likely N-dealkylation sites (tertiary alicyclic amines) is 1. The van der Waals surface area contributed by atoms with Gasteiger partial charge in [0.05, 0.1) is 17.0 Å². The average Bonchev–Trinajstić information content (AvgIpc) is 3.69. The van der Waals surface area contributed by atoms with Crippen LogP contribution in [0.4, 0.5) is 5.82 Å². The topological polar surface area (TPSA) is 109 Å². The molecule has 1 atom stereocenters. The summed E-state index contributed by atoms with van der Waals surface area (Å²) in [4.78, 5) is 12.6. The standard InChI is InChI=1S/C28H38N6O3/c1-17-26(25-18(2)33-37-19(25)3)31-28(20-6-5-7-24(14-20)36-16-23(35)15-29-4)32-27(17)30-21-10-12-34(13-11-21)22-8-9-22/h5-7,14,21-23,29,35H,8-13,15-16H2,1-4H3,(H,30,31,32). The fourth-order valence-electron chi connectivity index (χ4n) is 5.10. The van der Waals surface area contributed by atoms with E-state index < -0.39 is 6.10 Å². The number of benzene rings is 1. The van der Waals surface area contributed by atoms with E-state index in [1.165, 1.54) is 12.8 Å². The second kappa shape index (κ2) is 11.2. The molecule has 1 aliphatic carbocycles. The summed E-state index contributed by atoms with van der Waals surface area (Å²) in [6, 6.07) is 8.90. The minimum atomic E-state index is -0.586. The van der Waals surface area contributed by atoms with Crippen LogP contribution in [0.2, 0.25) is 0 Å². The third-order valence-electron chi connectivity index (χ3n) is 7.32. The molecule has 9 heteroatoms. The van der Waals surface area contributed by atoms with Crippen LogP contribution >= 0.6 is 0 Å². The van der Waals surface area contributed by atoms with Crippen LogP contribution in [0.1, 0.15) is 42.7 Å². The Morgan fingerprint density at radius 1 is 1.14 bits per heavy atom. The summed E-state index contributed by atoms with van der Waals surface area (Å²) in [7, 11) is 1.80. The van der Waals surface area contributed by atoms with Gasteiger partial charge in [-0.05, 0) is 65.6 Å². The van der Waals surface area contributed by atoms with Gasteiger partial charge in [-0.1, -0.05) is 17.3 Å². The molecule has 37 heavy (non-hydrogen) atoms. The first-order chi connectivity index (χ1) is 17.9. The molecule has 3 heterocycles. The summed E-state index contributed by atoms with van der Waals surface area (Å²) in [5.74, 6) is 2.86. The summed E-state index contributed by atoms with van der Waals surface area (Å²) in [5.41, 5.74) is 4.39. The average molecular weight is 507 g/mol. The number of likely N-dealkylation sites (N-methyl/N-ethyl adjacent to an activating group) is 1. The van der Waals surface area contributed by atoms with Gasteiger partial charge < -0.3 is 29.9 Å². The van der Waals surface area contributed by atoms with Gasteiger partial charge in [-0.15, -0.1) is 0 Å². The van der Waals surface area contributed by atoms with Crippen molar-refractivity contribution in [2.24, 2.45) is 0 Å². The van der Waals surface area contributed by atoms with Crippen LogP contribution in [-0.2, 0) is 0 Å². The number of aromatic nitrogens is 3. The van der Waals surface area contributed by atoms with Crippen molar-refractivity contribution < 1.29 is 14.4 Å². The maximum Gasteiger partial charge on any atom is 0.162 e. The number of anilines is 1. The normalized spacial score (nSPS) is 17.6. The predicted octanol–water partition coefficient (Wildman–Crippen LogP) is 3.72. The highest BCUT2D eigenvalue weighted by molar-refractivity contribution is 5.74. The Morgan fingerprint density at radius 2 is 1.92 bits per heavy atom. The molecule has 2 aromatic heterocycles. The lowest BCUT2D eigenvalue weighted by molar-refractivity contribution is 0.108. The van der Waals surface area contributed by atoms with E-state index in [0.717, 1.165) is 71.6 Å². The van der Waals surface area contributed by atoms with Crippen LogP contribution in [0, 0.1) is 20.8 Å². The van der Waals surface area contributed by atoms with E-state index in [9.17, 15) is 5.11 Å². The van der Waals surface area contributed by atoms with E-state index in [1.54, 1.807) is 7.05 Å². The van der Waals surface area contributed by atoms with E-state index in [1.807, 2.05) is 38.1 Å². The number of ether oxygens (including phenoxy) is 1. The third-order valence-corrected chi connectivity index (χ3v) is 7.32. The van der Waals surface area contributed by atoms with Crippen molar-refractivity contribution in [2.45, 2.75) is 64.6 Å². The quantitative estimate of drug-likeness (QED) is 0.379. The predicted molar refractivity (Wildman–Crippen MR) is 144 cm³/mol. The molecule has 1 saturated heterocycles. The molecule has 0 amide bonds. The zero-order valence-corrected chi connectivity index (χ0v) is 22.3. The second-order valence-corrected chi connectivity index (χ2v) is 10.3. The monoisotopic (exact) mass is 506 g/mol. The van der Waals surface area contributed by atoms with Crippen LogP contribution in [0.15, 0.2) is 28.8 Å². The highest BCUT2D eigenvalue weighted by Crippen LogP contribution is 2.35. The van der Waals surface area contributed by atoms with Crippen molar-refractivity contribution in [3.63, 3.8) is 0 Å². The SMILES string of the molecule is CNCC(O)COc1cccc(-c2nc(NC3CCN(C4CC4)CC3)c(C)c(-c3c(C)noc3C)n2)c1. The van der Waals surface area contributed by atoms with Gasteiger partial charge in [0.1, 0.15) is 30.0 Å². The van der Waals surface area contributed by atoms with E-state index in [2.05, 4.69) is 27.6 Å². The summed E-state index contributed by atoms with van der Waals surface area (Å²) >= 11 is 0. The van der Waals surface area contributed by atoms with Crippen LogP contribution in [0.5, 0.6) is 5.75 Å². The van der Waals surface area contributed by atoms with Crippen LogP contribution in [0.3, 0.4) is 0 Å². The van der Waals surface area contributed by atoms with Crippen molar-refractivity contribution >= 4 is 5.82 Å². The van der Waals surface area contributed by atoms with Gasteiger partial charge in [0.2, 0.25) is 0 Å². The molecule has 3 N–H and O–H groups in total. The molecule has 2 aliphatic rings. The summed E-state index contributed by atoms with van der Waals surface area (Å²) in [5, 5.41) is 20.9. The number of hydrogen-bond acceptors (Lipinski definition) is 9. The van der Waals surface area contributed by atoms with Crippen molar-refractivity contribution in [3.05, 3.63) is 41.3 Å². The molecular weight excluding hydrogens is 468 g/mol. The van der Waals surface area contributed by atoms with Crippen LogP contribution in [0.25, 0.3) is 22.6 Å². The van der Waals surface area contributed by atoms with E-state index in [-0.39, 0.29) is 6.61 Å². The van der Waals surface area contributed by atoms with Crippen LogP contribution < -0.4 is 15.4 Å². The molecule has 198 valence electrons. The maximum absolute atomic E-state index is 10.0. The lowest BCUT2D eigenvalue weighted by Gasteiger charge is -2.33. The molecule has 2 fully saturated rings. The number of nitrogens with one attached hydrogen (secondary N) is 2. The van der Waals surface area contributed by atoms with Gasteiger partial charge in [0.25, 0.3) is 0 Å². The third kappa shape index (κ3) is 5.95. The Labute approximate surface area is 218 Å². The number of hydrogen-bond donors (Lipinski definition) is 3. The zero-order valence-electron chi connectivity index (χ0n) is 22.3. The van der Waals surface area contributed by atoms with Gasteiger partial charge >= 0.3 is 0 Å². The summed E-state index contributed by atoms with van der Waals surface area (Å²) in [6.45, 7) is 8.87. The number of rotatable bonds is 10. The fourth-order valence-corrected chi connectivity index (χ4v) is 5.10. The van der Waals surface area contributed by atoms with E-state index >= 15 is 0 Å². The fraction of sp³-hybridized carbons (Fsp3) is 0.536. The first-order valence-corrected chi connectivity index (χ1v) is 13.3. The molecular formula is C28H38N6O3. The Morgan fingerprint density at radius 3 is 2.59 bits per heavy atom. The molecule has 1 aliphatic heterocycles. The molecule has 0 spiro atoms. The Hall–Kier alpha value is -3.01. The van der Waals surface area contributed by atoms with E-state index in [0.29, 0.717) is 24.2 Å². The van der Waals surface area contributed by atoms with Crippen molar-refractivity contribution in [2.75, 3.05) is 38.6 Å². The molecule has 0 radical (unpaired) electrons. The number of aliphatic hydroxyl groups is 1. The van der Waals surface area contributed by atoms with Crippen molar-refractivity contribution in [3.8, 4) is 28.4 Å². The Balaban J connectivity index is 1.45. The molecule has 1 saturated carbocycles. The number of aliphatic hydroxyl groups excluding tert-OH is 1. The Kier molecular flexibility index (Phi) is 7.73. The van der Waals surface area contributed by atoms with Crippen molar-refractivity contribution in [1.29, 1.82) is 0 Å². The maximum atomic E-state index is 10.0. The van der Waals surface area contributed by atoms with Gasteiger partial charge in [0.15, 0.2) is 5.82 Å². The lowest BCUT2D eigenvalue weighted by Crippen LogP contribution is -2.40. The first kappa shape index (κ1) is 25.6. The number of nitrogens with zero attached hydrogens (tertiary/aromatic N) is 4. The highest BCUT2D eigenvalue weighted by Gasteiger charge is 2.32. The Bertz CT molecular complexity index is 1200. The van der Waals surface area contributed by atoms with Gasteiger partial charge in [-0.3, -0.25) is 0 Å². The van der Waals surface area contributed by atoms with E-state index in [4.69, 9.17) is 19.2 Å². The second-order valence-electron chi connectivity index (χ2n) is 10.3. The minimum Gasteiger partial charge on any atom is -0.491 e. The van der Waals surface area contributed by atoms with Gasteiger partial charge in [-0.2, -0.15) is 0 Å². The number of aryl methyl sites for hydroxylation is 2.